The van der Waals surface area contributed by atoms with Crippen LogP contribution >= 0.6 is 0 Å². The highest BCUT2D eigenvalue weighted by molar-refractivity contribution is 5.73. The molecule has 2 unspecified atom stereocenters. The van der Waals surface area contributed by atoms with Gasteiger partial charge in [0.25, 0.3) is 0 Å². The van der Waals surface area contributed by atoms with Gasteiger partial charge in [-0.1, -0.05) is 25.7 Å². The maximum absolute atomic E-state index is 10.7. The molecule has 1 saturated carbocycles. The average molecular weight is 197 g/mol. The van der Waals surface area contributed by atoms with E-state index in [1.165, 1.54) is 32.1 Å². The molecule has 0 radical (unpaired) electrons. The lowest BCUT2D eigenvalue weighted by Crippen LogP contribution is -2.29. The monoisotopic (exact) mass is 197 g/mol. The molecule has 80 valence electrons. The number of aliphatic carboxylic acids is 1. The summed E-state index contributed by atoms with van der Waals surface area (Å²) in [5, 5.41) is 11.9. The zero-order valence-corrected chi connectivity index (χ0v) is 8.54. The molecule has 2 atom stereocenters. The minimum Gasteiger partial charge on any atom is -0.480 e. The number of nitrogens with one attached hydrogen (secondary N) is 1. The molecule has 2 rings (SSSR count). The second-order valence-electron chi connectivity index (χ2n) is 4.78. The Kier molecular flexibility index (Phi) is 3.06. The summed E-state index contributed by atoms with van der Waals surface area (Å²) in [6, 6.07) is -0.276. The van der Waals surface area contributed by atoms with Gasteiger partial charge in [0.05, 0.1) is 0 Å². The smallest absolute Gasteiger partial charge is 0.320 e. The van der Waals surface area contributed by atoms with E-state index in [-0.39, 0.29) is 6.04 Å². The van der Waals surface area contributed by atoms with E-state index in [1.807, 2.05) is 0 Å². The van der Waals surface area contributed by atoms with Crippen LogP contribution in [0.15, 0.2) is 0 Å². The molecule has 2 fully saturated rings. The van der Waals surface area contributed by atoms with Crippen molar-refractivity contribution in [1.29, 1.82) is 0 Å². The summed E-state index contributed by atoms with van der Waals surface area (Å²) in [6.07, 6.45) is 7.60. The predicted molar refractivity (Wildman–Crippen MR) is 54.1 cm³/mol. The third-order valence-electron chi connectivity index (χ3n) is 3.73. The van der Waals surface area contributed by atoms with Crippen LogP contribution in [0.3, 0.4) is 0 Å². The second-order valence-corrected chi connectivity index (χ2v) is 4.78. The molecule has 0 aromatic heterocycles. The standard InChI is InChI=1S/C11H19NO2/c13-11(14)10-6-9(7-12-10)5-4-8-2-1-3-8/h8-10,12H,1-7H2,(H,13,14). The first-order chi connectivity index (χ1) is 6.75. The maximum atomic E-state index is 10.7. The summed E-state index contributed by atoms with van der Waals surface area (Å²) in [7, 11) is 0. The van der Waals surface area contributed by atoms with E-state index in [2.05, 4.69) is 5.32 Å². The SMILES string of the molecule is O=C(O)C1CC(CCC2CCC2)CN1. The largest absolute Gasteiger partial charge is 0.480 e. The van der Waals surface area contributed by atoms with Crippen molar-refractivity contribution < 1.29 is 9.90 Å². The van der Waals surface area contributed by atoms with E-state index in [1.54, 1.807) is 0 Å². The van der Waals surface area contributed by atoms with Crippen LogP contribution in [-0.4, -0.2) is 23.7 Å². The molecule has 0 aromatic carbocycles. The molecule has 1 saturated heterocycles. The van der Waals surface area contributed by atoms with E-state index >= 15 is 0 Å². The van der Waals surface area contributed by atoms with Gasteiger partial charge in [0, 0.05) is 0 Å². The van der Waals surface area contributed by atoms with Crippen LogP contribution in [-0.2, 0) is 4.79 Å². The van der Waals surface area contributed by atoms with Gasteiger partial charge in [-0.2, -0.15) is 0 Å². The highest BCUT2D eigenvalue weighted by Crippen LogP contribution is 2.33. The van der Waals surface area contributed by atoms with E-state index in [4.69, 9.17) is 5.11 Å². The van der Waals surface area contributed by atoms with Crippen LogP contribution in [0, 0.1) is 11.8 Å². The van der Waals surface area contributed by atoms with Gasteiger partial charge in [-0.05, 0) is 31.2 Å². The van der Waals surface area contributed by atoms with E-state index in [0.717, 1.165) is 18.9 Å². The molecule has 1 aliphatic carbocycles. The van der Waals surface area contributed by atoms with E-state index in [9.17, 15) is 4.79 Å². The number of hydrogen-bond acceptors (Lipinski definition) is 2. The molecule has 1 heterocycles. The Morgan fingerprint density at radius 3 is 2.50 bits per heavy atom. The Hall–Kier alpha value is -0.570. The Morgan fingerprint density at radius 1 is 1.29 bits per heavy atom. The van der Waals surface area contributed by atoms with E-state index in [0.29, 0.717) is 5.92 Å². The summed E-state index contributed by atoms with van der Waals surface area (Å²) in [4.78, 5) is 10.7. The lowest BCUT2D eigenvalue weighted by molar-refractivity contribution is -0.139. The topological polar surface area (TPSA) is 49.3 Å². The van der Waals surface area contributed by atoms with Crippen molar-refractivity contribution in [3.05, 3.63) is 0 Å². The predicted octanol–water partition coefficient (Wildman–Crippen LogP) is 1.63. The zero-order chi connectivity index (χ0) is 9.97. The minimum atomic E-state index is -0.684. The number of rotatable bonds is 4. The average Bonchev–Trinajstić information content (AvgIpc) is 2.50. The molecule has 1 aliphatic heterocycles. The van der Waals surface area contributed by atoms with Gasteiger partial charge in [0.15, 0.2) is 0 Å². The van der Waals surface area contributed by atoms with Crippen LogP contribution in [0.1, 0.15) is 38.5 Å². The zero-order valence-electron chi connectivity index (χ0n) is 8.54. The summed E-state index contributed by atoms with van der Waals surface area (Å²) in [5.41, 5.74) is 0. The first-order valence-corrected chi connectivity index (χ1v) is 5.72. The van der Waals surface area contributed by atoms with Crippen LogP contribution in [0.5, 0.6) is 0 Å². The van der Waals surface area contributed by atoms with Crippen molar-refractivity contribution in [2.75, 3.05) is 6.54 Å². The molecular weight excluding hydrogens is 178 g/mol. The fourth-order valence-electron chi connectivity index (χ4n) is 2.47. The van der Waals surface area contributed by atoms with Crippen molar-refractivity contribution in [1.82, 2.24) is 5.32 Å². The third kappa shape index (κ3) is 2.27. The summed E-state index contributed by atoms with van der Waals surface area (Å²) >= 11 is 0. The molecule has 0 aromatic rings. The molecule has 14 heavy (non-hydrogen) atoms. The van der Waals surface area contributed by atoms with Gasteiger partial charge in [-0.25, -0.2) is 0 Å². The molecule has 0 amide bonds. The molecule has 0 spiro atoms. The Labute approximate surface area is 84.9 Å². The van der Waals surface area contributed by atoms with Crippen LogP contribution < -0.4 is 5.32 Å². The molecule has 2 aliphatic rings. The summed E-state index contributed by atoms with van der Waals surface area (Å²) in [6.45, 7) is 0.906. The highest BCUT2D eigenvalue weighted by atomic mass is 16.4. The first-order valence-electron chi connectivity index (χ1n) is 5.72. The minimum absolute atomic E-state index is 0.276. The number of hydrogen-bond donors (Lipinski definition) is 2. The number of carboxylic acids is 1. The van der Waals surface area contributed by atoms with Crippen molar-refractivity contribution >= 4 is 5.97 Å². The quantitative estimate of drug-likeness (QED) is 0.720. The van der Waals surface area contributed by atoms with Gasteiger partial charge in [-0.15, -0.1) is 0 Å². The molecule has 3 heteroatoms. The fourth-order valence-corrected chi connectivity index (χ4v) is 2.47. The van der Waals surface area contributed by atoms with Crippen LogP contribution in [0.4, 0.5) is 0 Å². The van der Waals surface area contributed by atoms with E-state index < -0.39 is 5.97 Å². The van der Waals surface area contributed by atoms with Crippen molar-refractivity contribution in [2.45, 2.75) is 44.6 Å². The van der Waals surface area contributed by atoms with Crippen molar-refractivity contribution in [3.8, 4) is 0 Å². The molecular formula is C11H19NO2. The normalized spacial score (nSPS) is 32.9. The Balaban J connectivity index is 1.65. The van der Waals surface area contributed by atoms with Crippen molar-refractivity contribution in [2.24, 2.45) is 11.8 Å². The number of carboxylic acid groups (broad SMARTS) is 1. The van der Waals surface area contributed by atoms with Gasteiger partial charge >= 0.3 is 5.97 Å². The Bertz CT molecular complexity index is 213. The van der Waals surface area contributed by atoms with Crippen molar-refractivity contribution in [3.63, 3.8) is 0 Å². The number of carbonyl (C=O) groups is 1. The summed E-state index contributed by atoms with van der Waals surface area (Å²) in [5.74, 6) is 0.881. The second kappa shape index (κ2) is 4.30. The van der Waals surface area contributed by atoms with Crippen LogP contribution in [0.25, 0.3) is 0 Å². The maximum Gasteiger partial charge on any atom is 0.320 e. The molecule has 2 N–H and O–H groups in total. The molecule has 0 bridgehead atoms. The summed E-state index contributed by atoms with van der Waals surface area (Å²) < 4.78 is 0. The van der Waals surface area contributed by atoms with Gasteiger partial charge < -0.3 is 10.4 Å². The third-order valence-corrected chi connectivity index (χ3v) is 3.73. The van der Waals surface area contributed by atoms with Gasteiger partial charge in [-0.3, -0.25) is 4.79 Å². The van der Waals surface area contributed by atoms with Gasteiger partial charge in [0.2, 0.25) is 0 Å². The lowest BCUT2D eigenvalue weighted by atomic mass is 9.80. The molecule has 3 nitrogen and oxygen atoms in total. The first kappa shape index (κ1) is 9.97. The van der Waals surface area contributed by atoms with Gasteiger partial charge in [0.1, 0.15) is 6.04 Å². The fraction of sp³-hybridized carbons (Fsp3) is 0.909. The highest BCUT2D eigenvalue weighted by Gasteiger charge is 2.29. The lowest BCUT2D eigenvalue weighted by Gasteiger charge is -2.26. The van der Waals surface area contributed by atoms with Crippen LogP contribution in [0.2, 0.25) is 0 Å². The Morgan fingerprint density at radius 2 is 2.00 bits per heavy atom.